The molecule has 0 aliphatic carbocycles. The van der Waals surface area contributed by atoms with E-state index in [1.54, 1.807) is 0 Å². The number of carboxylic acid groups (broad SMARTS) is 1. The first-order valence-corrected chi connectivity index (χ1v) is 6.90. The second-order valence-corrected chi connectivity index (χ2v) is 9.15. The quantitative estimate of drug-likeness (QED) is 0.626. The van der Waals surface area contributed by atoms with Crippen molar-refractivity contribution in [3.8, 4) is 0 Å². The number of carbonyl (C=O) groups excluding carboxylic acids is 1. The maximum absolute atomic E-state index is 10.9. The Morgan fingerprint density at radius 2 is 1.57 bits per heavy atom. The lowest BCUT2D eigenvalue weighted by molar-refractivity contribution is -0.312. The van der Waals surface area contributed by atoms with E-state index in [4.69, 9.17) is 0 Å². The summed E-state index contributed by atoms with van der Waals surface area (Å²) in [6, 6.07) is 0. The molecule has 0 radical (unpaired) electrons. The van der Waals surface area contributed by atoms with Crippen LogP contribution >= 0.6 is 7.92 Å². The Hall–Kier alpha value is -0.100. The zero-order valence-corrected chi connectivity index (χ0v) is 10.6. The fourth-order valence-electron chi connectivity index (χ4n) is 2.54. The number of aliphatic carboxylic acids is 1. The van der Waals surface area contributed by atoms with E-state index in [1.165, 1.54) is 0 Å². The molecular weight excluding hydrogens is 195 g/mol. The topological polar surface area (TPSA) is 40.1 Å². The fourth-order valence-corrected chi connectivity index (χ4v) is 5.17. The van der Waals surface area contributed by atoms with Crippen molar-refractivity contribution >= 4 is 13.9 Å². The summed E-state index contributed by atoms with van der Waals surface area (Å²) in [6.45, 7) is 11.1. The first kappa shape index (κ1) is 12.0. The van der Waals surface area contributed by atoms with Crippen molar-refractivity contribution in [2.24, 2.45) is 5.92 Å². The summed E-state index contributed by atoms with van der Waals surface area (Å²) in [5.74, 6) is -1.12. The van der Waals surface area contributed by atoms with E-state index >= 15 is 0 Å². The minimum atomic E-state index is -0.866. The van der Waals surface area contributed by atoms with Gasteiger partial charge in [0.15, 0.2) is 0 Å². The van der Waals surface area contributed by atoms with Crippen LogP contribution < -0.4 is 5.11 Å². The van der Waals surface area contributed by atoms with Crippen LogP contribution in [-0.4, -0.2) is 22.9 Å². The minimum absolute atomic E-state index is 0.121. The van der Waals surface area contributed by atoms with Gasteiger partial charge in [0.1, 0.15) is 0 Å². The molecule has 0 aromatic carbocycles. The molecule has 1 saturated heterocycles. The van der Waals surface area contributed by atoms with Crippen LogP contribution in [-0.2, 0) is 4.79 Å². The highest BCUT2D eigenvalue weighted by Gasteiger charge is 2.44. The Balaban J connectivity index is 2.91. The summed E-state index contributed by atoms with van der Waals surface area (Å²) >= 11 is 0. The number of rotatable bonds is 1. The molecule has 0 aromatic rings. The van der Waals surface area contributed by atoms with Crippen LogP contribution in [0.25, 0.3) is 0 Å². The summed E-state index contributed by atoms with van der Waals surface area (Å²) in [5.41, 5.74) is 0. The third-order valence-electron chi connectivity index (χ3n) is 3.64. The zero-order valence-electron chi connectivity index (χ0n) is 9.76. The van der Waals surface area contributed by atoms with Gasteiger partial charge < -0.3 is 9.90 Å². The molecule has 2 nitrogen and oxygen atoms in total. The van der Waals surface area contributed by atoms with Gasteiger partial charge in [0, 0.05) is 11.9 Å². The van der Waals surface area contributed by atoms with Gasteiger partial charge in [-0.15, -0.1) is 0 Å². The molecule has 0 spiro atoms. The molecule has 1 heterocycles. The molecule has 0 amide bonds. The molecule has 0 atom stereocenters. The highest BCUT2D eigenvalue weighted by Crippen LogP contribution is 2.64. The third-order valence-corrected chi connectivity index (χ3v) is 7.64. The average molecular weight is 215 g/mol. The Kier molecular flexibility index (Phi) is 2.98. The van der Waals surface area contributed by atoms with E-state index < -0.39 is 5.97 Å². The van der Waals surface area contributed by atoms with Crippen molar-refractivity contribution in [1.29, 1.82) is 0 Å². The van der Waals surface area contributed by atoms with E-state index in [1.807, 2.05) is 0 Å². The molecule has 14 heavy (non-hydrogen) atoms. The standard InChI is InChI=1S/C11H21O2P/c1-10(2)6-8(9(12)13)7-11(3,4)14(10)5/h8H,6-7H2,1-5H3,(H,12,13)/p-1. The first-order chi connectivity index (χ1) is 6.17. The molecule has 0 N–H and O–H groups in total. The molecule has 0 bridgehead atoms. The summed E-state index contributed by atoms with van der Waals surface area (Å²) in [7, 11) is -0.121. The summed E-state index contributed by atoms with van der Waals surface area (Å²) in [5, 5.41) is 11.3. The van der Waals surface area contributed by atoms with Crippen LogP contribution in [0.3, 0.4) is 0 Å². The molecule has 1 rings (SSSR count). The van der Waals surface area contributed by atoms with Gasteiger partial charge in [-0.2, -0.15) is 0 Å². The van der Waals surface area contributed by atoms with Gasteiger partial charge in [-0.3, -0.25) is 0 Å². The van der Waals surface area contributed by atoms with Crippen LogP contribution in [0.4, 0.5) is 0 Å². The molecule has 82 valence electrons. The minimum Gasteiger partial charge on any atom is -0.550 e. The van der Waals surface area contributed by atoms with Gasteiger partial charge in [-0.05, 0) is 29.8 Å². The summed E-state index contributed by atoms with van der Waals surface area (Å²) < 4.78 is 0. The molecule has 0 unspecified atom stereocenters. The van der Waals surface area contributed by atoms with Crippen molar-refractivity contribution < 1.29 is 9.90 Å². The molecule has 1 aliphatic rings. The van der Waals surface area contributed by atoms with E-state index in [2.05, 4.69) is 34.4 Å². The maximum Gasteiger partial charge on any atom is 0.0445 e. The zero-order chi connectivity index (χ0) is 11.1. The number of carbonyl (C=O) groups is 1. The first-order valence-electron chi connectivity index (χ1n) is 5.11. The molecule has 0 aromatic heterocycles. The largest absolute Gasteiger partial charge is 0.550 e. The van der Waals surface area contributed by atoms with Gasteiger partial charge in [-0.25, -0.2) is 0 Å². The second-order valence-electron chi connectivity index (χ2n) is 5.61. The van der Waals surface area contributed by atoms with Crippen molar-refractivity contribution in [2.75, 3.05) is 6.66 Å². The number of hydrogen-bond acceptors (Lipinski definition) is 2. The van der Waals surface area contributed by atoms with Crippen LogP contribution in [0.2, 0.25) is 0 Å². The summed E-state index contributed by atoms with van der Waals surface area (Å²) in [4.78, 5) is 10.9. The van der Waals surface area contributed by atoms with Crippen LogP contribution in [0.1, 0.15) is 40.5 Å². The Bertz CT molecular complexity index is 228. The smallest absolute Gasteiger partial charge is 0.0445 e. The average Bonchev–Trinajstić information content (AvgIpc) is 1.98. The van der Waals surface area contributed by atoms with Crippen LogP contribution in [0, 0.1) is 5.92 Å². The predicted molar refractivity (Wildman–Crippen MR) is 58.7 cm³/mol. The Morgan fingerprint density at radius 3 is 1.86 bits per heavy atom. The van der Waals surface area contributed by atoms with Crippen molar-refractivity contribution in [3.05, 3.63) is 0 Å². The third kappa shape index (κ3) is 2.11. The van der Waals surface area contributed by atoms with Crippen molar-refractivity contribution in [1.82, 2.24) is 0 Å². The van der Waals surface area contributed by atoms with Crippen LogP contribution in [0.15, 0.2) is 0 Å². The molecule has 1 fully saturated rings. The predicted octanol–water partition coefficient (Wildman–Crippen LogP) is 1.82. The lowest BCUT2D eigenvalue weighted by atomic mass is 9.87. The Labute approximate surface area is 87.8 Å². The van der Waals surface area contributed by atoms with Gasteiger partial charge in [0.05, 0.1) is 0 Å². The van der Waals surface area contributed by atoms with Crippen LogP contribution in [0.5, 0.6) is 0 Å². The second kappa shape index (κ2) is 3.48. The van der Waals surface area contributed by atoms with E-state index in [0.29, 0.717) is 0 Å². The van der Waals surface area contributed by atoms with E-state index in [-0.39, 0.29) is 24.2 Å². The fraction of sp³-hybridized carbons (Fsp3) is 0.909. The van der Waals surface area contributed by atoms with Crippen molar-refractivity contribution in [3.63, 3.8) is 0 Å². The highest BCUT2D eigenvalue weighted by molar-refractivity contribution is 7.60. The van der Waals surface area contributed by atoms with Gasteiger partial charge in [0.2, 0.25) is 0 Å². The lowest BCUT2D eigenvalue weighted by Crippen LogP contribution is -2.45. The maximum atomic E-state index is 10.9. The molecule has 0 saturated carbocycles. The number of hydrogen-bond donors (Lipinski definition) is 0. The van der Waals surface area contributed by atoms with Crippen molar-refractivity contribution in [2.45, 2.75) is 50.8 Å². The van der Waals surface area contributed by atoms with Gasteiger partial charge in [-0.1, -0.05) is 35.6 Å². The highest BCUT2D eigenvalue weighted by atomic mass is 31.1. The van der Waals surface area contributed by atoms with E-state index in [9.17, 15) is 9.90 Å². The molecule has 3 heteroatoms. The monoisotopic (exact) mass is 215 g/mol. The van der Waals surface area contributed by atoms with Gasteiger partial charge >= 0.3 is 0 Å². The molecular formula is C11H20O2P-. The van der Waals surface area contributed by atoms with E-state index in [0.717, 1.165) is 12.8 Å². The molecule has 1 aliphatic heterocycles. The lowest BCUT2D eigenvalue weighted by Gasteiger charge is -2.51. The number of carboxylic acids is 1. The van der Waals surface area contributed by atoms with Gasteiger partial charge in [0.25, 0.3) is 0 Å². The Morgan fingerprint density at radius 1 is 1.21 bits per heavy atom. The summed E-state index contributed by atoms with van der Waals surface area (Å²) in [6.07, 6.45) is 1.56. The normalized spacial score (nSPS) is 35.2. The SMILES string of the molecule is CP1C(C)(C)CC(C(=O)[O-])CC1(C)C.